The van der Waals surface area contributed by atoms with Crippen LogP contribution in [-0.4, -0.2) is 17.3 Å². The van der Waals surface area contributed by atoms with E-state index in [-0.39, 0.29) is 18.1 Å². The zero-order valence-electron chi connectivity index (χ0n) is 14.5. The third kappa shape index (κ3) is 6.02. The van der Waals surface area contributed by atoms with Gasteiger partial charge in [-0.15, -0.1) is 0 Å². The van der Waals surface area contributed by atoms with Crippen molar-refractivity contribution >= 4 is 17.7 Å². The van der Waals surface area contributed by atoms with Crippen LogP contribution in [0, 0.1) is 5.82 Å². The first-order valence-corrected chi connectivity index (χ1v) is 8.23. The molecule has 0 aliphatic carbocycles. The number of halogens is 1. The van der Waals surface area contributed by atoms with E-state index in [9.17, 15) is 9.18 Å². The monoisotopic (exact) mass is 352 g/mol. The molecule has 2 aromatic rings. The van der Waals surface area contributed by atoms with Crippen LogP contribution in [0.15, 0.2) is 71.9 Å². The minimum absolute atomic E-state index is 0.126. The Morgan fingerprint density at radius 2 is 1.96 bits per heavy atom. The fourth-order valence-corrected chi connectivity index (χ4v) is 2.45. The lowest BCUT2D eigenvalue weighted by molar-refractivity contribution is -0.120. The van der Waals surface area contributed by atoms with E-state index in [1.807, 2.05) is 43.3 Å². The van der Waals surface area contributed by atoms with Crippen LogP contribution in [-0.2, 0) is 17.8 Å². The van der Waals surface area contributed by atoms with E-state index in [1.165, 1.54) is 18.3 Å². The SMILES string of the molecule is C\C=C/C(=C\C=N\O)c1ccc(CC(=O)NCc2cccc(F)c2)cc1. The van der Waals surface area contributed by atoms with Crippen LogP contribution in [0.1, 0.15) is 23.6 Å². The lowest BCUT2D eigenvalue weighted by Gasteiger charge is -2.07. The molecule has 0 saturated heterocycles. The molecule has 0 spiro atoms. The molecule has 4 nitrogen and oxygen atoms in total. The summed E-state index contributed by atoms with van der Waals surface area (Å²) in [4.78, 5) is 12.1. The number of rotatable bonds is 7. The summed E-state index contributed by atoms with van der Waals surface area (Å²) in [6.07, 6.45) is 7.05. The molecule has 0 aliphatic heterocycles. The van der Waals surface area contributed by atoms with Crippen molar-refractivity contribution in [3.8, 4) is 0 Å². The van der Waals surface area contributed by atoms with Gasteiger partial charge in [0, 0.05) is 6.54 Å². The standard InChI is InChI=1S/C21H21FN2O2/c1-2-4-18(11-12-24-26)19-9-7-16(8-10-19)14-21(25)23-15-17-5-3-6-20(22)13-17/h2-13,26H,14-15H2,1H3,(H,23,25)/b4-2-,18-11+,24-12+. The normalized spacial score (nSPS) is 12.0. The van der Waals surface area contributed by atoms with Crippen LogP contribution in [0.3, 0.4) is 0 Å². The molecule has 134 valence electrons. The molecule has 5 heteroatoms. The Kier molecular flexibility index (Phi) is 7.31. The highest BCUT2D eigenvalue weighted by molar-refractivity contribution is 5.88. The Morgan fingerprint density at radius 3 is 2.62 bits per heavy atom. The number of carbonyl (C=O) groups is 1. The maximum Gasteiger partial charge on any atom is 0.224 e. The van der Waals surface area contributed by atoms with Gasteiger partial charge < -0.3 is 10.5 Å². The first kappa shape index (κ1) is 19.1. The molecule has 0 aliphatic rings. The Bertz CT molecular complexity index is 824. The second kappa shape index (κ2) is 9.93. The summed E-state index contributed by atoms with van der Waals surface area (Å²) in [7, 11) is 0. The molecule has 1 amide bonds. The summed E-state index contributed by atoms with van der Waals surface area (Å²) in [5, 5.41) is 14.3. The van der Waals surface area contributed by atoms with E-state index in [4.69, 9.17) is 5.21 Å². The van der Waals surface area contributed by atoms with Gasteiger partial charge in [-0.3, -0.25) is 4.79 Å². The van der Waals surface area contributed by atoms with Gasteiger partial charge in [0.15, 0.2) is 0 Å². The molecule has 2 N–H and O–H groups in total. The average Bonchev–Trinajstić information content (AvgIpc) is 2.64. The number of nitrogens with one attached hydrogen (secondary N) is 1. The Labute approximate surface area is 152 Å². The zero-order chi connectivity index (χ0) is 18.8. The smallest absolute Gasteiger partial charge is 0.224 e. The number of oxime groups is 1. The van der Waals surface area contributed by atoms with Crippen molar-refractivity contribution in [1.82, 2.24) is 5.32 Å². The van der Waals surface area contributed by atoms with Gasteiger partial charge in [0.2, 0.25) is 5.91 Å². The number of hydrogen-bond acceptors (Lipinski definition) is 3. The Balaban J connectivity index is 1.96. The topological polar surface area (TPSA) is 61.7 Å². The summed E-state index contributed by atoms with van der Waals surface area (Å²) < 4.78 is 13.1. The second-order valence-electron chi connectivity index (χ2n) is 5.67. The number of hydrogen-bond donors (Lipinski definition) is 2. The second-order valence-corrected chi connectivity index (χ2v) is 5.67. The van der Waals surface area contributed by atoms with Crippen molar-refractivity contribution in [3.63, 3.8) is 0 Å². The molecule has 0 bridgehead atoms. The van der Waals surface area contributed by atoms with E-state index in [0.29, 0.717) is 6.54 Å². The van der Waals surface area contributed by atoms with Crippen molar-refractivity contribution in [2.45, 2.75) is 19.9 Å². The number of carbonyl (C=O) groups excluding carboxylic acids is 1. The minimum atomic E-state index is -0.316. The van der Waals surface area contributed by atoms with Crippen LogP contribution >= 0.6 is 0 Å². The summed E-state index contributed by atoms with van der Waals surface area (Å²) in [5.74, 6) is -0.442. The Hall–Kier alpha value is -3.21. The van der Waals surface area contributed by atoms with E-state index in [2.05, 4.69) is 10.5 Å². The van der Waals surface area contributed by atoms with Gasteiger partial charge in [0.05, 0.1) is 12.6 Å². The van der Waals surface area contributed by atoms with Crippen molar-refractivity contribution < 1.29 is 14.4 Å². The van der Waals surface area contributed by atoms with E-state index >= 15 is 0 Å². The fourth-order valence-electron chi connectivity index (χ4n) is 2.45. The molecule has 0 atom stereocenters. The van der Waals surface area contributed by atoms with Crippen LogP contribution < -0.4 is 5.32 Å². The summed E-state index contributed by atoms with van der Waals surface area (Å²) >= 11 is 0. The van der Waals surface area contributed by atoms with E-state index in [1.54, 1.807) is 18.2 Å². The highest BCUT2D eigenvalue weighted by Crippen LogP contribution is 2.17. The van der Waals surface area contributed by atoms with Gasteiger partial charge in [-0.25, -0.2) is 4.39 Å². The number of nitrogens with zero attached hydrogens (tertiary/aromatic N) is 1. The van der Waals surface area contributed by atoms with Gasteiger partial charge >= 0.3 is 0 Å². The largest absolute Gasteiger partial charge is 0.411 e. The lowest BCUT2D eigenvalue weighted by atomic mass is 10.0. The molecular weight excluding hydrogens is 331 g/mol. The summed E-state index contributed by atoms with van der Waals surface area (Å²) in [6.45, 7) is 2.20. The third-order valence-corrected chi connectivity index (χ3v) is 3.70. The maximum atomic E-state index is 13.1. The molecule has 0 fully saturated rings. The molecule has 0 heterocycles. The third-order valence-electron chi connectivity index (χ3n) is 3.70. The molecule has 0 unspecified atom stereocenters. The first-order chi connectivity index (χ1) is 12.6. The average molecular weight is 352 g/mol. The van der Waals surface area contributed by atoms with Gasteiger partial charge in [0.1, 0.15) is 5.82 Å². The molecule has 26 heavy (non-hydrogen) atoms. The fraction of sp³-hybridized carbons (Fsp3) is 0.143. The zero-order valence-corrected chi connectivity index (χ0v) is 14.5. The number of benzene rings is 2. The van der Waals surface area contributed by atoms with E-state index in [0.717, 1.165) is 22.3 Å². The van der Waals surface area contributed by atoms with Gasteiger partial charge in [-0.2, -0.15) is 0 Å². The van der Waals surface area contributed by atoms with Gasteiger partial charge in [-0.1, -0.05) is 53.7 Å². The molecule has 0 radical (unpaired) electrons. The minimum Gasteiger partial charge on any atom is -0.411 e. The predicted molar refractivity (Wildman–Crippen MR) is 101 cm³/mol. The van der Waals surface area contributed by atoms with Crippen molar-refractivity contribution in [1.29, 1.82) is 0 Å². The predicted octanol–water partition coefficient (Wildman–Crippen LogP) is 4.10. The Morgan fingerprint density at radius 1 is 1.19 bits per heavy atom. The van der Waals surface area contributed by atoms with Crippen molar-refractivity contribution in [2.24, 2.45) is 5.16 Å². The molecule has 0 aromatic heterocycles. The van der Waals surface area contributed by atoms with Crippen molar-refractivity contribution in [2.75, 3.05) is 0 Å². The van der Waals surface area contributed by atoms with Crippen molar-refractivity contribution in [3.05, 3.63) is 89.3 Å². The molecule has 0 saturated carbocycles. The lowest BCUT2D eigenvalue weighted by Crippen LogP contribution is -2.24. The van der Waals surface area contributed by atoms with Crippen LogP contribution in [0.5, 0.6) is 0 Å². The highest BCUT2D eigenvalue weighted by Gasteiger charge is 2.05. The summed E-state index contributed by atoms with van der Waals surface area (Å²) in [6, 6.07) is 13.7. The summed E-state index contributed by atoms with van der Waals surface area (Å²) in [5.41, 5.74) is 3.45. The molecule has 2 rings (SSSR count). The quantitative estimate of drug-likeness (QED) is 0.341. The molecule has 2 aromatic carbocycles. The van der Waals surface area contributed by atoms with E-state index < -0.39 is 0 Å². The number of allylic oxidation sites excluding steroid dienone is 4. The van der Waals surface area contributed by atoms with Crippen LogP contribution in [0.2, 0.25) is 0 Å². The first-order valence-electron chi connectivity index (χ1n) is 8.23. The number of amides is 1. The van der Waals surface area contributed by atoms with Gasteiger partial charge in [0.25, 0.3) is 0 Å². The van der Waals surface area contributed by atoms with Gasteiger partial charge in [-0.05, 0) is 47.4 Å². The highest BCUT2D eigenvalue weighted by atomic mass is 19.1. The maximum absolute atomic E-state index is 13.1. The molecular formula is C21H21FN2O2. The van der Waals surface area contributed by atoms with Crippen LogP contribution in [0.4, 0.5) is 4.39 Å². The van der Waals surface area contributed by atoms with Crippen LogP contribution in [0.25, 0.3) is 5.57 Å².